The van der Waals surface area contributed by atoms with Crippen LogP contribution in [0, 0.1) is 0 Å². The van der Waals surface area contributed by atoms with E-state index >= 15 is 0 Å². The van der Waals surface area contributed by atoms with Gasteiger partial charge in [-0.15, -0.1) is 0 Å². The maximum atomic E-state index is 10.3. The van der Waals surface area contributed by atoms with Crippen molar-refractivity contribution >= 4 is 5.97 Å². The zero-order chi connectivity index (χ0) is 7.56. The van der Waals surface area contributed by atoms with Crippen LogP contribution in [0.2, 0.25) is 0 Å². The Morgan fingerprint density at radius 1 is 1.17 bits per heavy atom. The first-order valence-electron chi connectivity index (χ1n) is 2.73. The maximum absolute atomic E-state index is 10.3. The van der Waals surface area contributed by atoms with Gasteiger partial charge in [-0.3, -0.25) is 0 Å². The predicted octanol–water partition coefficient (Wildman–Crippen LogP) is 1.09. The summed E-state index contributed by atoms with van der Waals surface area (Å²) in [4.78, 5) is 10.3. The Morgan fingerprint density at radius 2 is 1.67 bits per heavy atom. The van der Waals surface area contributed by atoms with Gasteiger partial charge in [-0.2, -0.15) is 0 Å². The molecule has 0 atom stereocenters. The molecule has 0 fully saturated rings. The van der Waals surface area contributed by atoms with E-state index in [2.05, 4.69) is 0 Å². The van der Waals surface area contributed by atoms with Gasteiger partial charge >= 0.3 is 5.97 Å². The number of hydrogen-bond acceptors (Lipinski definition) is 2. The zero-order valence-electron chi connectivity index (χ0n) is 6.27. The van der Waals surface area contributed by atoms with Gasteiger partial charge in [-0.05, 0) is 12.1 Å². The van der Waals surface area contributed by atoms with Gasteiger partial charge in [-0.25, -0.2) is 4.79 Å². The van der Waals surface area contributed by atoms with Crippen LogP contribution in [-0.2, 0) is 65.4 Å². The van der Waals surface area contributed by atoms with E-state index in [9.17, 15) is 4.79 Å². The van der Waals surface area contributed by atoms with Crippen molar-refractivity contribution < 1.29 is 80.4 Å². The molecule has 58 valence electrons. The largest absolute Gasteiger partial charge is 0.507 e. The zero-order valence-corrected chi connectivity index (χ0v) is 11.9. The molecule has 2 radical (unpaired) electrons. The topological polar surface area (TPSA) is 57.5 Å². The van der Waals surface area contributed by atoms with Gasteiger partial charge in [0.1, 0.15) is 11.3 Å². The third-order valence-corrected chi connectivity index (χ3v) is 1.13. The second kappa shape index (κ2) is 7.13. The van der Waals surface area contributed by atoms with E-state index in [1.54, 1.807) is 12.1 Å². The van der Waals surface area contributed by atoms with Gasteiger partial charge < -0.3 is 10.2 Å². The number of aromatic carboxylic acids is 1. The first-order valence-corrected chi connectivity index (χ1v) is 2.73. The summed E-state index contributed by atoms with van der Waals surface area (Å²) in [6, 6.07) is 5.81. The number of phenols is 1. The van der Waals surface area contributed by atoms with Crippen molar-refractivity contribution in [2.45, 2.75) is 0 Å². The van der Waals surface area contributed by atoms with E-state index in [-0.39, 0.29) is 76.7 Å². The molecule has 0 aliphatic carbocycles. The quantitative estimate of drug-likeness (QED) is 0.815. The van der Waals surface area contributed by atoms with Crippen molar-refractivity contribution in [3.8, 4) is 5.75 Å². The smallest absolute Gasteiger partial charge is 0.339 e. The average molecular weight is 316 g/mol. The Hall–Kier alpha value is 0.698. The molecule has 0 unspecified atom stereocenters. The van der Waals surface area contributed by atoms with Crippen LogP contribution >= 0.6 is 0 Å². The fourth-order valence-electron chi connectivity index (χ4n) is 0.654. The van der Waals surface area contributed by atoms with Crippen molar-refractivity contribution in [2.75, 3.05) is 0 Å². The summed E-state index contributed by atoms with van der Waals surface area (Å²) in [5, 5.41) is 17.3. The number of para-hydroxylation sites is 1. The third-order valence-electron chi connectivity index (χ3n) is 1.13. The first-order chi connectivity index (χ1) is 4.72. The number of carboxylic acids is 1. The minimum atomic E-state index is -1.11. The molecule has 0 amide bonds. The normalized spacial score (nSPS) is 7.67. The summed E-state index contributed by atoms with van der Waals surface area (Å²) >= 11 is 0. The van der Waals surface area contributed by atoms with Gasteiger partial charge in [0.2, 0.25) is 0 Å². The molecule has 0 saturated heterocycles. The third kappa shape index (κ3) is 4.08. The molecular weight excluding hydrogens is 310 g/mol. The predicted molar refractivity (Wildman–Crippen MR) is 35.1 cm³/mol. The molecule has 1 rings (SSSR count). The number of hydrogen-bond donors (Lipinski definition) is 2. The van der Waals surface area contributed by atoms with Gasteiger partial charge in [0.25, 0.3) is 0 Å². The summed E-state index contributed by atoms with van der Waals surface area (Å²) in [5.74, 6) is -1.31. The fraction of sp³-hybridized carbons (Fsp3) is 0. The maximum Gasteiger partial charge on any atom is 0.339 e. The summed E-state index contributed by atoms with van der Waals surface area (Å²) in [6.45, 7) is 0. The van der Waals surface area contributed by atoms with Crippen LogP contribution in [0.4, 0.5) is 0 Å². The molecule has 0 spiro atoms. The molecule has 1 aromatic rings. The molecule has 0 saturated carbocycles. The number of aromatic hydroxyl groups is 1. The Morgan fingerprint density at radius 3 is 2.00 bits per heavy atom. The number of carboxylic acid groups (broad SMARTS) is 1. The second-order valence-electron chi connectivity index (χ2n) is 1.82. The summed E-state index contributed by atoms with van der Waals surface area (Å²) in [5.41, 5.74) is -0.0671. The van der Waals surface area contributed by atoms with Crippen molar-refractivity contribution in [1.82, 2.24) is 0 Å². The SMILES string of the molecule is O=C(O)c1ccccc1O.[Y].[Y]. The van der Waals surface area contributed by atoms with E-state index in [1.807, 2.05) is 0 Å². The summed E-state index contributed by atoms with van der Waals surface area (Å²) in [6.07, 6.45) is 0. The Balaban J connectivity index is 0. The van der Waals surface area contributed by atoms with E-state index in [0.717, 1.165) is 0 Å². The van der Waals surface area contributed by atoms with Crippen LogP contribution in [0.3, 0.4) is 0 Å². The molecule has 0 aromatic heterocycles. The second-order valence-corrected chi connectivity index (χ2v) is 1.82. The summed E-state index contributed by atoms with van der Waals surface area (Å²) in [7, 11) is 0. The standard InChI is InChI=1S/C7H6O3.2Y/c8-6-4-2-1-3-5(6)7(9)10;;/h1-4,8H,(H,9,10);;. The molecule has 5 heteroatoms. The molecule has 0 bridgehead atoms. The molecular formula is C7H6O3Y2. The van der Waals surface area contributed by atoms with Gasteiger partial charge in [0.05, 0.1) is 0 Å². The first kappa shape index (κ1) is 15.2. The van der Waals surface area contributed by atoms with Crippen LogP contribution in [0.15, 0.2) is 24.3 Å². The minimum absolute atomic E-state index is 0. The van der Waals surface area contributed by atoms with E-state index in [0.29, 0.717) is 0 Å². The number of rotatable bonds is 1. The van der Waals surface area contributed by atoms with Crippen molar-refractivity contribution in [3.63, 3.8) is 0 Å². The van der Waals surface area contributed by atoms with Crippen LogP contribution in [0.25, 0.3) is 0 Å². The van der Waals surface area contributed by atoms with Gasteiger partial charge in [0.15, 0.2) is 0 Å². The molecule has 0 aliphatic heterocycles. The van der Waals surface area contributed by atoms with Crippen molar-refractivity contribution in [3.05, 3.63) is 29.8 Å². The number of benzene rings is 1. The molecule has 0 heterocycles. The minimum Gasteiger partial charge on any atom is -0.507 e. The van der Waals surface area contributed by atoms with Crippen molar-refractivity contribution in [1.29, 1.82) is 0 Å². The van der Waals surface area contributed by atoms with E-state index in [4.69, 9.17) is 10.2 Å². The summed E-state index contributed by atoms with van der Waals surface area (Å²) < 4.78 is 0. The van der Waals surface area contributed by atoms with Crippen LogP contribution in [0.1, 0.15) is 10.4 Å². The number of carbonyl (C=O) groups is 1. The Labute approximate surface area is 120 Å². The molecule has 0 aliphatic rings. The van der Waals surface area contributed by atoms with Crippen LogP contribution in [0.5, 0.6) is 5.75 Å². The molecule has 1 aromatic carbocycles. The molecule has 2 N–H and O–H groups in total. The Kier molecular flexibility index (Phi) is 9.03. The van der Waals surface area contributed by atoms with Crippen LogP contribution < -0.4 is 0 Å². The van der Waals surface area contributed by atoms with Gasteiger partial charge in [-0.1, -0.05) is 12.1 Å². The fourth-order valence-corrected chi connectivity index (χ4v) is 0.654. The Bertz CT molecular complexity index is 263. The molecule has 3 nitrogen and oxygen atoms in total. The average Bonchev–Trinajstić information content (AvgIpc) is 1.88. The van der Waals surface area contributed by atoms with Crippen molar-refractivity contribution in [2.24, 2.45) is 0 Å². The monoisotopic (exact) mass is 316 g/mol. The van der Waals surface area contributed by atoms with Gasteiger partial charge in [0, 0.05) is 65.4 Å². The van der Waals surface area contributed by atoms with Crippen LogP contribution in [-0.4, -0.2) is 16.2 Å². The van der Waals surface area contributed by atoms with E-state index in [1.165, 1.54) is 12.1 Å². The molecule has 12 heavy (non-hydrogen) atoms. The van der Waals surface area contributed by atoms with E-state index < -0.39 is 5.97 Å².